The lowest BCUT2D eigenvalue weighted by Gasteiger charge is -2.50. The second-order valence-electron chi connectivity index (χ2n) is 12.0. The number of fused-ring (bicyclic) bond motifs is 3. The maximum atomic E-state index is 12.9. The van der Waals surface area contributed by atoms with Gasteiger partial charge in [-0.15, -0.1) is 0 Å². The number of hydrogen-bond donors (Lipinski definition) is 1. The summed E-state index contributed by atoms with van der Waals surface area (Å²) in [6.07, 6.45) is 8.29. The first kappa shape index (κ1) is 29.3. The van der Waals surface area contributed by atoms with Crippen molar-refractivity contribution in [1.82, 2.24) is 14.9 Å². The van der Waals surface area contributed by atoms with Crippen molar-refractivity contribution in [2.75, 3.05) is 40.5 Å². The largest absolute Gasteiger partial charge is 0.489 e. The monoisotopic (exact) mass is 559 g/mol. The fraction of sp³-hybridized carbons (Fsp3) is 0.529. The van der Waals surface area contributed by atoms with Gasteiger partial charge >= 0.3 is 5.97 Å². The number of carbonyl (C=O) groups excluding carboxylic acids is 1. The molecule has 0 saturated heterocycles. The molecule has 3 aliphatic carbocycles. The quantitative estimate of drug-likeness (QED) is 0.185. The van der Waals surface area contributed by atoms with Crippen molar-refractivity contribution in [2.24, 2.45) is 17.8 Å². The molecule has 2 bridgehead atoms. The normalized spacial score (nSPS) is 22.0. The lowest BCUT2D eigenvalue weighted by Crippen LogP contribution is -2.51. The predicted molar refractivity (Wildman–Crippen MR) is 163 cm³/mol. The number of imidazole rings is 1. The zero-order valence-electron chi connectivity index (χ0n) is 25.0. The summed E-state index contributed by atoms with van der Waals surface area (Å²) in [5.41, 5.74) is 4.19. The Kier molecular flexibility index (Phi) is 9.46. The zero-order valence-corrected chi connectivity index (χ0v) is 25.0. The van der Waals surface area contributed by atoms with Crippen molar-refractivity contribution in [3.05, 3.63) is 66.0 Å². The maximum absolute atomic E-state index is 12.9. The van der Waals surface area contributed by atoms with Crippen LogP contribution in [0.2, 0.25) is 0 Å². The second-order valence-corrected chi connectivity index (χ2v) is 12.0. The first-order valence-electron chi connectivity index (χ1n) is 15.2. The Morgan fingerprint density at radius 3 is 2.66 bits per heavy atom. The molecule has 0 spiro atoms. The van der Waals surface area contributed by atoms with Crippen molar-refractivity contribution in [3.63, 3.8) is 0 Å². The van der Waals surface area contributed by atoms with E-state index in [0.29, 0.717) is 19.1 Å². The zero-order chi connectivity index (χ0) is 28.8. The third-order valence-corrected chi connectivity index (χ3v) is 8.74. The molecule has 7 nitrogen and oxygen atoms in total. The Labute approximate surface area is 244 Å². The van der Waals surface area contributed by atoms with Crippen LogP contribution in [0.1, 0.15) is 57.3 Å². The summed E-state index contributed by atoms with van der Waals surface area (Å²) < 4.78 is 17.4. The summed E-state index contributed by atoms with van der Waals surface area (Å²) in [6, 6.07) is 16.7. The number of allylic oxidation sites excluding steroid dienone is 1. The first-order chi connectivity index (χ1) is 19.9. The average molecular weight is 560 g/mol. The number of rotatable bonds is 14. The summed E-state index contributed by atoms with van der Waals surface area (Å²) in [7, 11) is 3.84. The second kappa shape index (κ2) is 13.2. The summed E-state index contributed by atoms with van der Waals surface area (Å²) >= 11 is 0. The molecule has 41 heavy (non-hydrogen) atoms. The van der Waals surface area contributed by atoms with Gasteiger partial charge in [-0.3, -0.25) is 4.79 Å². The molecular formula is C34H45N3O4. The van der Waals surface area contributed by atoms with Crippen LogP contribution in [0, 0.1) is 17.8 Å². The Balaban J connectivity index is 1.20. The highest BCUT2D eigenvalue weighted by molar-refractivity contribution is 5.81. The molecule has 1 saturated carbocycles. The first-order valence-corrected chi connectivity index (χ1v) is 15.2. The van der Waals surface area contributed by atoms with Crippen molar-refractivity contribution >= 4 is 22.6 Å². The van der Waals surface area contributed by atoms with E-state index in [1.165, 1.54) is 17.6 Å². The van der Waals surface area contributed by atoms with Crippen LogP contribution < -0.4 is 4.74 Å². The van der Waals surface area contributed by atoms with Gasteiger partial charge in [0.25, 0.3) is 0 Å². The van der Waals surface area contributed by atoms with E-state index in [9.17, 15) is 4.79 Å². The molecule has 3 aromatic rings. The molecule has 1 aromatic heterocycles. The third kappa shape index (κ3) is 6.84. The average Bonchev–Trinajstić information content (AvgIpc) is 3.41. The van der Waals surface area contributed by atoms with Crippen molar-refractivity contribution < 1.29 is 19.0 Å². The molecule has 220 valence electrons. The predicted octanol–water partition coefficient (Wildman–Crippen LogP) is 6.29. The lowest BCUT2D eigenvalue weighted by atomic mass is 9.60. The van der Waals surface area contributed by atoms with Gasteiger partial charge in [0, 0.05) is 32.4 Å². The number of esters is 1. The number of aromatic amines is 1. The third-order valence-electron chi connectivity index (χ3n) is 8.74. The minimum Gasteiger partial charge on any atom is -0.489 e. The van der Waals surface area contributed by atoms with Crippen LogP contribution in [-0.2, 0) is 20.7 Å². The molecule has 3 aliphatic rings. The van der Waals surface area contributed by atoms with Crippen LogP contribution in [0.4, 0.5) is 0 Å². The molecular weight excluding hydrogens is 514 g/mol. The van der Waals surface area contributed by atoms with Gasteiger partial charge in [-0.1, -0.05) is 56.3 Å². The molecule has 1 fully saturated rings. The standard InChI is InChI=1S/C34H45N3O4/c1-24(2)33(38)41-34(23-26-15-16-27(34)22-28(26)25-10-6-5-7-11-25)17-19-37(3)18-9-14-31-35-29-12-8-13-30(32(29)36-31)40-21-20-39-4/h5-8,10-13,22,24,26-27H,9,14-21,23H2,1-4H3,(H,35,36)/t26-,27-,34+/m1/s1. The smallest absolute Gasteiger partial charge is 0.308 e. The van der Waals surface area contributed by atoms with Crippen molar-refractivity contribution in [3.8, 4) is 5.75 Å². The summed E-state index contributed by atoms with van der Waals surface area (Å²) in [5, 5.41) is 0. The lowest BCUT2D eigenvalue weighted by molar-refractivity contribution is -0.176. The van der Waals surface area contributed by atoms with Gasteiger partial charge in [-0.2, -0.15) is 0 Å². The number of hydrogen-bond acceptors (Lipinski definition) is 6. The highest BCUT2D eigenvalue weighted by Gasteiger charge is 2.50. The maximum Gasteiger partial charge on any atom is 0.308 e. The van der Waals surface area contributed by atoms with Gasteiger partial charge in [-0.05, 0) is 68.5 Å². The van der Waals surface area contributed by atoms with Gasteiger partial charge in [-0.25, -0.2) is 4.98 Å². The molecule has 0 unspecified atom stereocenters. The molecule has 1 heterocycles. The number of nitrogens with one attached hydrogen (secondary N) is 1. The SMILES string of the molecule is COCCOc1cccc2[nH]c(CCCN(C)CC[C@]3(OC(=O)C(C)C)C[C@H]4CC[C@@H]3C=C4c3ccccc3)nc12. The fourth-order valence-electron chi connectivity index (χ4n) is 6.44. The van der Waals surface area contributed by atoms with E-state index in [-0.39, 0.29) is 17.8 Å². The highest BCUT2D eigenvalue weighted by atomic mass is 16.6. The number of H-pyrrole nitrogens is 1. The number of nitrogens with zero attached hydrogens (tertiary/aromatic N) is 2. The van der Waals surface area contributed by atoms with E-state index in [2.05, 4.69) is 53.3 Å². The molecule has 2 aromatic carbocycles. The molecule has 0 radical (unpaired) electrons. The van der Waals surface area contributed by atoms with E-state index < -0.39 is 5.60 Å². The van der Waals surface area contributed by atoms with Crippen molar-refractivity contribution in [2.45, 2.75) is 58.0 Å². The van der Waals surface area contributed by atoms with E-state index in [1.807, 2.05) is 32.0 Å². The van der Waals surface area contributed by atoms with E-state index in [1.54, 1.807) is 7.11 Å². The minimum absolute atomic E-state index is 0.0784. The van der Waals surface area contributed by atoms with Gasteiger partial charge < -0.3 is 24.1 Å². The topological polar surface area (TPSA) is 76.7 Å². The van der Waals surface area contributed by atoms with Crippen molar-refractivity contribution in [1.29, 1.82) is 0 Å². The molecule has 1 N–H and O–H groups in total. The summed E-state index contributed by atoms with van der Waals surface area (Å²) in [4.78, 5) is 23.6. The Morgan fingerprint density at radius 2 is 1.93 bits per heavy atom. The van der Waals surface area contributed by atoms with Gasteiger partial charge in [0.1, 0.15) is 29.3 Å². The Bertz CT molecular complexity index is 1330. The molecule has 3 atom stereocenters. The van der Waals surface area contributed by atoms with Crippen LogP contribution >= 0.6 is 0 Å². The molecule has 0 amide bonds. The van der Waals surface area contributed by atoms with Crippen LogP contribution in [0.5, 0.6) is 5.75 Å². The minimum atomic E-state index is -0.422. The van der Waals surface area contributed by atoms with E-state index in [4.69, 9.17) is 19.2 Å². The number of carbonyl (C=O) groups is 1. The summed E-state index contributed by atoms with van der Waals surface area (Å²) in [6.45, 7) is 6.75. The number of para-hydroxylation sites is 1. The number of aryl methyl sites for hydroxylation is 1. The highest BCUT2D eigenvalue weighted by Crippen LogP contribution is 2.53. The molecule has 6 rings (SSSR count). The summed E-state index contributed by atoms with van der Waals surface area (Å²) in [5.74, 6) is 2.25. The van der Waals surface area contributed by atoms with Crippen LogP contribution in [0.3, 0.4) is 0 Å². The number of benzene rings is 2. The molecule has 0 aliphatic heterocycles. The van der Waals surface area contributed by atoms with Gasteiger partial charge in [0.15, 0.2) is 0 Å². The number of ether oxygens (including phenoxy) is 3. The Hall–Kier alpha value is -3.16. The van der Waals surface area contributed by atoms with Crippen LogP contribution in [0.15, 0.2) is 54.6 Å². The molecule has 7 heteroatoms. The van der Waals surface area contributed by atoms with Gasteiger partial charge in [0.05, 0.1) is 18.0 Å². The van der Waals surface area contributed by atoms with Crippen LogP contribution in [-0.4, -0.2) is 66.9 Å². The van der Waals surface area contributed by atoms with Gasteiger partial charge in [0.2, 0.25) is 0 Å². The number of methoxy groups -OCH3 is 1. The fourth-order valence-corrected chi connectivity index (χ4v) is 6.44. The van der Waals surface area contributed by atoms with E-state index in [0.717, 1.165) is 67.8 Å². The Morgan fingerprint density at radius 1 is 1.10 bits per heavy atom. The van der Waals surface area contributed by atoms with E-state index >= 15 is 0 Å². The number of aromatic nitrogens is 2. The van der Waals surface area contributed by atoms with Crippen LogP contribution in [0.25, 0.3) is 16.6 Å².